The number of rotatable bonds is 5. The van der Waals surface area contributed by atoms with Crippen LogP contribution in [0.5, 0.6) is 0 Å². The molecule has 1 aliphatic heterocycles. The molecule has 3 N–H and O–H groups in total. The normalized spacial score (nSPS) is 12.2. The van der Waals surface area contributed by atoms with Crippen LogP contribution >= 0.6 is 11.8 Å². The van der Waals surface area contributed by atoms with Crippen LogP contribution in [0.15, 0.2) is 94.9 Å². The first-order chi connectivity index (χ1) is 16.6. The first-order valence-electron chi connectivity index (χ1n) is 10.8. The molecule has 0 unspecified atom stereocenters. The number of amides is 2. The molecule has 2 amide bonds. The molecule has 34 heavy (non-hydrogen) atoms. The number of aliphatic hydroxyl groups excluding tert-OH is 1. The Bertz CT molecular complexity index is 1390. The zero-order valence-electron chi connectivity index (χ0n) is 18.1. The molecule has 0 fully saturated rings. The van der Waals surface area contributed by atoms with Gasteiger partial charge in [-0.05, 0) is 47.5 Å². The van der Waals surface area contributed by atoms with Gasteiger partial charge >= 0.3 is 0 Å². The van der Waals surface area contributed by atoms with Gasteiger partial charge < -0.3 is 15.7 Å². The number of nitrogens with one attached hydrogen (secondary N) is 2. The van der Waals surface area contributed by atoms with Crippen molar-refractivity contribution in [2.75, 3.05) is 5.32 Å². The molecule has 5 rings (SSSR count). The maximum Gasteiger partial charge on any atom is 0.256 e. The third-order valence-electron chi connectivity index (χ3n) is 5.58. The zero-order chi connectivity index (χ0) is 23.5. The summed E-state index contributed by atoms with van der Waals surface area (Å²) in [6, 6.07) is 24.1. The largest absolute Gasteiger partial charge is 0.392 e. The van der Waals surface area contributed by atoms with Crippen molar-refractivity contribution in [1.82, 2.24) is 10.3 Å². The van der Waals surface area contributed by atoms with Gasteiger partial charge in [-0.15, -0.1) is 0 Å². The van der Waals surface area contributed by atoms with Gasteiger partial charge in [0, 0.05) is 33.7 Å². The van der Waals surface area contributed by atoms with E-state index in [1.807, 2.05) is 60.7 Å². The summed E-state index contributed by atoms with van der Waals surface area (Å²) in [6.07, 6.45) is 1.72. The highest BCUT2D eigenvalue weighted by Crippen LogP contribution is 2.39. The Balaban J connectivity index is 1.28. The van der Waals surface area contributed by atoms with E-state index in [0.717, 1.165) is 32.2 Å². The van der Waals surface area contributed by atoms with Gasteiger partial charge in [-0.3, -0.25) is 14.6 Å². The van der Waals surface area contributed by atoms with E-state index in [1.165, 1.54) is 11.8 Å². The van der Waals surface area contributed by atoms with Crippen LogP contribution in [0.3, 0.4) is 0 Å². The van der Waals surface area contributed by atoms with E-state index >= 15 is 0 Å². The van der Waals surface area contributed by atoms with Gasteiger partial charge in [0.2, 0.25) is 0 Å². The maximum atomic E-state index is 12.8. The second kappa shape index (κ2) is 9.51. The maximum absolute atomic E-state index is 12.8. The van der Waals surface area contributed by atoms with E-state index in [-0.39, 0.29) is 18.4 Å². The molecular formula is C27H21N3O3S. The number of anilines is 1. The summed E-state index contributed by atoms with van der Waals surface area (Å²) in [7, 11) is 0. The van der Waals surface area contributed by atoms with Crippen LogP contribution in [0.2, 0.25) is 0 Å². The molecule has 3 aromatic carbocycles. The van der Waals surface area contributed by atoms with Gasteiger partial charge in [-0.2, -0.15) is 0 Å². The number of hydrogen-bond acceptors (Lipinski definition) is 5. The summed E-state index contributed by atoms with van der Waals surface area (Å²) in [5.74, 6) is -0.424. The number of aromatic nitrogens is 1. The van der Waals surface area contributed by atoms with Crippen LogP contribution in [0.1, 0.15) is 31.8 Å². The lowest BCUT2D eigenvalue weighted by Gasteiger charge is -2.10. The van der Waals surface area contributed by atoms with Crippen LogP contribution in [0.4, 0.5) is 5.69 Å². The van der Waals surface area contributed by atoms with Crippen molar-refractivity contribution in [2.24, 2.45) is 0 Å². The van der Waals surface area contributed by atoms with Gasteiger partial charge in [-0.1, -0.05) is 54.2 Å². The fourth-order valence-corrected chi connectivity index (χ4v) is 4.80. The second-order valence-electron chi connectivity index (χ2n) is 7.81. The van der Waals surface area contributed by atoms with Crippen LogP contribution < -0.4 is 10.6 Å². The van der Waals surface area contributed by atoms with Gasteiger partial charge in [0.05, 0.1) is 23.6 Å². The van der Waals surface area contributed by atoms with Crippen molar-refractivity contribution < 1.29 is 14.7 Å². The molecule has 168 valence electrons. The number of fused-ring (bicyclic) bond motifs is 2. The van der Waals surface area contributed by atoms with E-state index in [1.54, 1.807) is 24.4 Å². The van der Waals surface area contributed by atoms with Crippen molar-refractivity contribution in [2.45, 2.75) is 22.9 Å². The monoisotopic (exact) mass is 467 g/mol. The molecule has 1 aromatic heterocycles. The van der Waals surface area contributed by atoms with Crippen molar-refractivity contribution in [3.63, 3.8) is 0 Å². The van der Waals surface area contributed by atoms with Crippen molar-refractivity contribution in [3.05, 3.63) is 107 Å². The Morgan fingerprint density at radius 3 is 2.53 bits per heavy atom. The van der Waals surface area contributed by atoms with Crippen LogP contribution in [0.25, 0.3) is 11.3 Å². The lowest BCUT2D eigenvalue weighted by atomic mass is 10.0. The highest BCUT2D eigenvalue weighted by atomic mass is 32.2. The highest BCUT2D eigenvalue weighted by molar-refractivity contribution is 7.99. The Morgan fingerprint density at radius 2 is 1.74 bits per heavy atom. The minimum atomic E-state index is -0.237. The third kappa shape index (κ3) is 4.44. The predicted octanol–water partition coefficient (Wildman–Crippen LogP) is 4.89. The molecule has 0 saturated heterocycles. The van der Waals surface area contributed by atoms with Crippen molar-refractivity contribution >= 4 is 29.3 Å². The SMILES string of the molecule is O=C(NCc1ccc(-c2ccccc2CO)nc1)c1ccc2c(c1)NC(=O)c1ccccc1S2. The number of carbonyl (C=O) groups excluding carboxylic acids is 2. The van der Waals surface area contributed by atoms with Crippen LogP contribution in [0, 0.1) is 0 Å². The third-order valence-corrected chi connectivity index (χ3v) is 6.73. The van der Waals surface area contributed by atoms with E-state index < -0.39 is 0 Å². The molecule has 0 radical (unpaired) electrons. The molecule has 0 spiro atoms. The average Bonchev–Trinajstić information content (AvgIpc) is 3.02. The van der Waals surface area contributed by atoms with Crippen LogP contribution in [-0.2, 0) is 13.2 Å². The first-order valence-corrected chi connectivity index (χ1v) is 11.6. The number of carbonyl (C=O) groups is 2. The Hall–Kier alpha value is -3.94. The summed E-state index contributed by atoms with van der Waals surface area (Å²) in [5, 5.41) is 15.4. The summed E-state index contributed by atoms with van der Waals surface area (Å²) in [4.78, 5) is 31.6. The first kappa shape index (κ1) is 21.9. The molecule has 0 atom stereocenters. The molecule has 1 aliphatic rings. The fraction of sp³-hybridized carbons (Fsp3) is 0.0741. The molecule has 0 saturated carbocycles. The molecule has 2 heterocycles. The summed E-state index contributed by atoms with van der Waals surface area (Å²) >= 11 is 1.50. The number of hydrogen-bond donors (Lipinski definition) is 3. The molecule has 0 aliphatic carbocycles. The van der Waals surface area contributed by atoms with E-state index in [9.17, 15) is 14.7 Å². The molecular weight excluding hydrogens is 446 g/mol. The van der Waals surface area contributed by atoms with Gasteiger partial charge in [0.1, 0.15) is 0 Å². The Morgan fingerprint density at radius 1 is 0.941 bits per heavy atom. The van der Waals surface area contributed by atoms with Crippen molar-refractivity contribution in [3.8, 4) is 11.3 Å². The number of aliphatic hydroxyl groups is 1. The van der Waals surface area contributed by atoms with E-state index in [2.05, 4.69) is 15.6 Å². The topological polar surface area (TPSA) is 91.3 Å². The van der Waals surface area contributed by atoms with Crippen molar-refractivity contribution in [1.29, 1.82) is 0 Å². The lowest BCUT2D eigenvalue weighted by molar-refractivity contribution is 0.0949. The lowest BCUT2D eigenvalue weighted by Crippen LogP contribution is -2.23. The van der Waals surface area contributed by atoms with Gasteiger partial charge in [0.15, 0.2) is 0 Å². The molecule has 6 nitrogen and oxygen atoms in total. The van der Waals surface area contributed by atoms with Crippen LogP contribution in [-0.4, -0.2) is 21.9 Å². The number of pyridine rings is 1. The van der Waals surface area contributed by atoms with E-state index in [0.29, 0.717) is 23.4 Å². The molecule has 4 aromatic rings. The van der Waals surface area contributed by atoms with E-state index in [4.69, 9.17) is 0 Å². The average molecular weight is 468 g/mol. The van der Waals surface area contributed by atoms with Gasteiger partial charge in [-0.25, -0.2) is 0 Å². The zero-order valence-corrected chi connectivity index (χ0v) is 18.9. The van der Waals surface area contributed by atoms with Gasteiger partial charge in [0.25, 0.3) is 11.8 Å². The summed E-state index contributed by atoms with van der Waals surface area (Å²) in [5.41, 5.74) is 5.01. The standard InChI is InChI=1S/C27H21N3O3S/c31-16-19-5-1-2-6-20(19)22-11-9-17(14-28-22)15-29-26(32)18-10-12-25-23(13-18)30-27(33)21-7-3-4-8-24(21)34-25/h1-14,31H,15-16H2,(H,29,32)(H,30,33). The fourth-order valence-electron chi connectivity index (χ4n) is 3.79. The molecule has 0 bridgehead atoms. The number of nitrogens with zero attached hydrogens (tertiary/aromatic N) is 1. The molecule has 7 heteroatoms. The summed E-state index contributed by atoms with van der Waals surface area (Å²) in [6.45, 7) is 0.263. The minimum absolute atomic E-state index is 0.0541. The quantitative estimate of drug-likeness (QED) is 0.389. The number of benzene rings is 3. The second-order valence-corrected chi connectivity index (χ2v) is 8.90. The predicted molar refractivity (Wildman–Crippen MR) is 132 cm³/mol. The highest BCUT2D eigenvalue weighted by Gasteiger charge is 2.20. The minimum Gasteiger partial charge on any atom is -0.392 e. The smallest absolute Gasteiger partial charge is 0.256 e. The Kier molecular flexibility index (Phi) is 6.12. The summed E-state index contributed by atoms with van der Waals surface area (Å²) < 4.78 is 0. The Labute approximate surface area is 201 Å².